The van der Waals surface area contributed by atoms with Crippen LogP contribution in [0.2, 0.25) is 0 Å². The Hall–Kier alpha value is -2.14. The number of para-hydroxylation sites is 1. The van der Waals surface area contributed by atoms with Crippen LogP contribution in [0.3, 0.4) is 0 Å². The molecule has 0 saturated heterocycles. The summed E-state index contributed by atoms with van der Waals surface area (Å²) < 4.78 is 22.7. The maximum absolute atomic E-state index is 12.9. The lowest BCUT2D eigenvalue weighted by Gasteiger charge is -2.31. The van der Waals surface area contributed by atoms with Crippen molar-refractivity contribution in [3.8, 4) is 0 Å². The summed E-state index contributed by atoms with van der Waals surface area (Å²) in [5, 5.41) is 0. The number of nitrogens with zero attached hydrogens (tertiary/aromatic N) is 1. The summed E-state index contributed by atoms with van der Waals surface area (Å²) in [5.74, 6) is -0.0382. The minimum Gasteiger partial charge on any atom is -0.308 e. The molecule has 3 rings (SSSR count). The van der Waals surface area contributed by atoms with E-state index in [0.717, 1.165) is 24.1 Å². The first-order valence-corrected chi connectivity index (χ1v) is 10.1. The van der Waals surface area contributed by atoms with Gasteiger partial charge in [0.25, 0.3) is 5.91 Å². The van der Waals surface area contributed by atoms with E-state index in [1.165, 1.54) is 11.8 Å². The van der Waals surface area contributed by atoms with Crippen molar-refractivity contribution in [1.29, 1.82) is 0 Å². The van der Waals surface area contributed by atoms with Crippen molar-refractivity contribution >= 4 is 21.4 Å². The third-order valence-corrected chi connectivity index (χ3v) is 5.15. The van der Waals surface area contributed by atoms with Crippen molar-refractivity contribution in [2.24, 2.45) is 0 Å². The highest BCUT2D eigenvalue weighted by Crippen LogP contribution is 2.31. The number of carbonyl (C=O) groups excluding carboxylic acids is 1. The highest BCUT2D eigenvalue weighted by Gasteiger charge is 2.24. The maximum Gasteiger partial charge on any atom is 0.258 e. The van der Waals surface area contributed by atoms with E-state index in [0.29, 0.717) is 17.7 Å². The van der Waals surface area contributed by atoms with E-state index in [1.54, 1.807) is 24.3 Å². The first-order chi connectivity index (χ1) is 11.3. The fourth-order valence-electron chi connectivity index (χ4n) is 3.25. The van der Waals surface area contributed by atoms with Crippen molar-refractivity contribution in [2.45, 2.75) is 25.5 Å². The van der Waals surface area contributed by atoms with Gasteiger partial charge in [0, 0.05) is 18.4 Å². The molecule has 0 N–H and O–H groups in total. The molecule has 1 aliphatic heterocycles. The summed E-state index contributed by atoms with van der Waals surface area (Å²) in [4.78, 5) is 14.8. The second-order valence-electron chi connectivity index (χ2n) is 6.41. The maximum atomic E-state index is 12.9. The highest BCUT2D eigenvalue weighted by atomic mass is 32.2. The molecule has 2 aromatic carbocycles. The van der Waals surface area contributed by atoms with E-state index in [1.807, 2.05) is 24.0 Å². The van der Waals surface area contributed by atoms with Crippen LogP contribution < -0.4 is 4.90 Å². The fraction of sp³-hybridized carbons (Fsp3) is 0.316. The molecule has 0 spiro atoms. The zero-order chi connectivity index (χ0) is 17.3. The van der Waals surface area contributed by atoms with E-state index in [-0.39, 0.29) is 11.7 Å². The van der Waals surface area contributed by atoms with Gasteiger partial charge in [-0.1, -0.05) is 30.3 Å². The van der Waals surface area contributed by atoms with Crippen LogP contribution in [-0.4, -0.2) is 27.1 Å². The van der Waals surface area contributed by atoms with E-state index < -0.39 is 9.84 Å². The quantitative estimate of drug-likeness (QED) is 0.860. The number of sulfone groups is 1. The van der Waals surface area contributed by atoms with Crippen molar-refractivity contribution in [1.82, 2.24) is 0 Å². The van der Waals surface area contributed by atoms with E-state index in [9.17, 15) is 13.2 Å². The molecular formula is C19H21NO3S. The second-order valence-corrected chi connectivity index (χ2v) is 8.55. The molecule has 0 fully saturated rings. The molecule has 5 heteroatoms. The first kappa shape index (κ1) is 16.7. The molecule has 4 nitrogen and oxygen atoms in total. The van der Waals surface area contributed by atoms with Gasteiger partial charge < -0.3 is 4.90 Å². The zero-order valence-corrected chi connectivity index (χ0v) is 14.8. The molecule has 24 heavy (non-hydrogen) atoms. The van der Waals surface area contributed by atoms with E-state index in [4.69, 9.17) is 0 Å². The summed E-state index contributed by atoms with van der Waals surface area (Å²) in [6.07, 6.45) is 3.15. The van der Waals surface area contributed by atoms with E-state index >= 15 is 0 Å². The second kappa shape index (κ2) is 6.40. The molecule has 0 radical (unpaired) electrons. The normalized spacial score (nSPS) is 14.3. The molecule has 1 amide bonds. The van der Waals surface area contributed by atoms with Gasteiger partial charge in [0.15, 0.2) is 9.84 Å². The number of anilines is 1. The molecule has 1 heterocycles. The largest absolute Gasteiger partial charge is 0.308 e. The van der Waals surface area contributed by atoms with Gasteiger partial charge in [-0.05, 0) is 48.6 Å². The fourth-order valence-corrected chi connectivity index (χ4v) is 4.05. The van der Waals surface area contributed by atoms with Crippen LogP contribution in [0, 0.1) is 6.92 Å². The Morgan fingerprint density at radius 3 is 2.50 bits per heavy atom. The average molecular weight is 343 g/mol. The zero-order valence-electron chi connectivity index (χ0n) is 14.0. The lowest BCUT2D eigenvalue weighted by Crippen LogP contribution is -2.36. The minimum absolute atomic E-state index is 0.00682. The summed E-state index contributed by atoms with van der Waals surface area (Å²) in [7, 11) is -3.07. The molecule has 0 unspecified atom stereocenters. The van der Waals surface area contributed by atoms with Crippen molar-refractivity contribution in [3.63, 3.8) is 0 Å². The molecule has 1 aliphatic rings. The number of hydrogen-bond donors (Lipinski definition) is 0. The van der Waals surface area contributed by atoms with Gasteiger partial charge in [0.2, 0.25) is 0 Å². The number of benzene rings is 2. The third kappa shape index (κ3) is 3.51. The van der Waals surface area contributed by atoms with Gasteiger partial charge in [0.05, 0.1) is 11.4 Å². The monoisotopic (exact) mass is 343 g/mol. The number of amides is 1. The van der Waals surface area contributed by atoms with Crippen LogP contribution in [-0.2, 0) is 22.0 Å². The number of fused-ring (bicyclic) bond motifs is 1. The lowest BCUT2D eigenvalue weighted by atomic mass is 9.97. The Labute approximate surface area is 143 Å². The molecule has 0 aromatic heterocycles. The van der Waals surface area contributed by atoms with Gasteiger partial charge in [-0.3, -0.25) is 4.79 Å². The van der Waals surface area contributed by atoms with Gasteiger partial charge in [0.1, 0.15) is 0 Å². The first-order valence-electron chi connectivity index (χ1n) is 8.02. The van der Waals surface area contributed by atoms with Gasteiger partial charge >= 0.3 is 0 Å². The predicted molar refractivity (Wildman–Crippen MR) is 96.2 cm³/mol. The SMILES string of the molecule is Cc1cccc2c1N(C(=O)c1ccc(CS(C)(=O)=O)cc1)CCC2. The van der Waals surface area contributed by atoms with Gasteiger partial charge in [-0.25, -0.2) is 8.42 Å². The van der Waals surface area contributed by atoms with Gasteiger partial charge in [-0.2, -0.15) is 0 Å². The van der Waals surface area contributed by atoms with Crippen LogP contribution in [0.25, 0.3) is 0 Å². The Morgan fingerprint density at radius 2 is 1.83 bits per heavy atom. The number of rotatable bonds is 3. The van der Waals surface area contributed by atoms with E-state index in [2.05, 4.69) is 6.07 Å². The Balaban J connectivity index is 1.88. The predicted octanol–water partition coefficient (Wildman–Crippen LogP) is 3.13. The summed E-state index contributed by atoms with van der Waals surface area (Å²) in [6.45, 7) is 2.74. The number of carbonyl (C=O) groups is 1. The Kier molecular flexibility index (Phi) is 4.45. The molecular weight excluding hydrogens is 322 g/mol. The van der Waals surface area contributed by atoms with Gasteiger partial charge in [-0.15, -0.1) is 0 Å². The summed E-state index contributed by atoms with van der Waals surface area (Å²) in [6, 6.07) is 13.0. The molecule has 0 bridgehead atoms. The van der Waals surface area contributed by atoms with Crippen molar-refractivity contribution in [3.05, 3.63) is 64.7 Å². The minimum atomic E-state index is -3.07. The van der Waals surface area contributed by atoms with Crippen molar-refractivity contribution in [2.75, 3.05) is 17.7 Å². The molecule has 0 saturated carbocycles. The smallest absolute Gasteiger partial charge is 0.258 e. The average Bonchev–Trinajstić information content (AvgIpc) is 2.53. The topological polar surface area (TPSA) is 54.5 Å². The summed E-state index contributed by atoms with van der Waals surface area (Å²) in [5.41, 5.74) is 4.62. The molecule has 0 atom stereocenters. The van der Waals surface area contributed by atoms with Crippen LogP contribution >= 0.6 is 0 Å². The van der Waals surface area contributed by atoms with Crippen molar-refractivity contribution < 1.29 is 13.2 Å². The van der Waals surface area contributed by atoms with Crippen LogP contribution in [0.4, 0.5) is 5.69 Å². The Morgan fingerprint density at radius 1 is 1.12 bits per heavy atom. The number of aryl methyl sites for hydroxylation is 2. The molecule has 2 aromatic rings. The number of hydrogen-bond acceptors (Lipinski definition) is 3. The highest BCUT2D eigenvalue weighted by molar-refractivity contribution is 7.89. The summed E-state index contributed by atoms with van der Waals surface area (Å²) >= 11 is 0. The standard InChI is InChI=1S/C19H21NO3S/c1-14-5-3-6-16-7-4-12-20(18(14)16)19(21)17-10-8-15(9-11-17)13-24(2,22)23/h3,5-6,8-11H,4,7,12-13H2,1-2H3. The lowest BCUT2D eigenvalue weighted by molar-refractivity contribution is 0.0985. The molecule has 126 valence electrons. The third-order valence-electron chi connectivity index (χ3n) is 4.29. The van der Waals surface area contributed by atoms with Crippen LogP contribution in [0.1, 0.15) is 33.5 Å². The molecule has 0 aliphatic carbocycles. The Bertz CT molecular complexity index is 870. The van der Waals surface area contributed by atoms with Crippen LogP contribution in [0.15, 0.2) is 42.5 Å². The van der Waals surface area contributed by atoms with Crippen LogP contribution in [0.5, 0.6) is 0 Å².